The fourth-order valence-corrected chi connectivity index (χ4v) is 2.11. The van der Waals surface area contributed by atoms with E-state index in [2.05, 4.69) is 0 Å². The number of ether oxygens (including phenoxy) is 1. The molecule has 2 aromatic carbocycles. The quantitative estimate of drug-likeness (QED) is 0.607. The minimum atomic E-state index is -0.531. The Kier molecular flexibility index (Phi) is 5.30. The van der Waals surface area contributed by atoms with E-state index in [-0.39, 0.29) is 24.0 Å². The molecule has 0 radical (unpaired) electrons. The van der Waals surface area contributed by atoms with Gasteiger partial charge < -0.3 is 9.64 Å². The van der Waals surface area contributed by atoms with Crippen molar-refractivity contribution in [2.45, 2.75) is 13.5 Å². The Morgan fingerprint density at radius 1 is 1.17 bits per heavy atom. The maximum Gasteiger partial charge on any atom is 0.310 e. The van der Waals surface area contributed by atoms with Crippen LogP contribution in [-0.4, -0.2) is 29.4 Å². The molecule has 6 nitrogen and oxygen atoms in total. The first-order valence-electron chi connectivity index (χ1n) is 7.13. The fraction of sp³-hybridized carbons (Fsp3) is 0.235. The van der Waals surface area contributed by atoms with Gasteiger partial charge >= 0.3 is 5.69 Å². The lowest BCUT2D eigenvalue weighted by Crippen LogP contribution is -2.31. The van der Waals surface area contributed by atoms with Crippen LogP contribution in [-0.2, 0) is 11.3 Å². The van der Waals surface area contributed by atoms with Gasteiger partial charge in [-0.1, -0.05) is 36.4 Å². The van der Waals surface area contributed by atoms with Gasteiger partial charge in [0.1, 0.15) is 0 Å². The number of hydrogen-bond acceptors (Lipinski definition) is 4. The van der Waals surface area contributed by atoms with E-state index in [1.54, 1.807) is 19.2 Å². The molecule has 0 aliphatic heterocycles. The van der Waals surface area contributed by atoms with Crippen LogP contribution in [0.2, 0.25) is 0 Å². The topological polar surface area (TPSA) is 72.7 Å². The molecular formula is C17H18N2O4. The average molecular weight is 314 g/mol. The molecule has 6 heteroatoms. The Morgan fingerprint density at radius 2 is 1.83 bits per heavy atom. The summed E-state index contributed by atoms with van der Waals surface area (Å²) in [6, 6.07) is 13.8. The minimum Gasteiger partial charge on any atom is -0.477 e. The second-order valence-corrected chi connectivity index (χ2v) is 5.19. The Hall–Kier alpha value is -2.89. The first kappa shape index (κ1) is 16.5. The first-order valence-corrected chi connectivity index (χ1v) is 7.13. The molecule has 0 aliphatic carbocycles. The Labute approximate surface area is 134 Å². The van der Waals surface area contributed by atoms with Crippen LogP contribution in [0.1, 0.15) is 11.1 Å². The lowest BCUT2D eigenvalue weighted by atomic mass is 10.1. The zero-order valence-electron chi connectivity index (χ0n) is 13.1. The highest BCUT2D eigenvalue weighted by Crippen LogP contribution is 2.25. The Balaban J connectivity index is 1.97. The monoisotopic (exact) mass is 314 g/mol. The third kappa shape index (κ3) is 4.29. The number of rotatable bonds is 6. The van der Waals surface area contributed by atoms with Gasteiger partial charge in [-0.15, -0.1) is 0 Å². The first-order chi connectivity index (χ1) is 11.0. The van der Waals surface area contributed by atoms with Gasteiger partial charge in [0.2, 0.25) is 0 Å². The summed E-state index contributed by atoms with van der Waals surface area (Å²) in [5, 5.41) is 10.9. The predicted octanol–water partition coefficient (Wildman–Crippen LogP) is 2.94. The van der Waals surface area contributed by atoms with Crippen molar-refractivity contribution in [1.82, 2.24) is 4.90 Å². The lowest BCUT2D eigenvalue weighted by Gasteiger charge is -2.18. The maximum absolute atomic E-state index is 12.1. The van der Waals surface area contributed by atoms with Crippen LogP contribution in [0, 0.1) is 17.0 Å². The molecule has 120 valence electrons. The predicted molar refractivity (Wildman–Crippen MR) is 86.2 cm³/mol. The lowest BCUT2D eigenvalue weighted by molar-refractivity contribution is -0.385. The van der Waals surface area contributed by atoms with Gasteiger partial charge in [0.15, 0.2) is 12.4 Å². The minimum absolute atomic E-state index is 0.0927. The molecule has 0 fully saturated rings. The van der Waals surface area contributed by atoms with E-state index in [9.17, 15) is 14.9 Å². The molecule has 0 aromatic heterocycles. The Morgan fingerprint density at radius 3 is 2.52 bits per heavy atom. The number of carbonyl (C=O) groups excluding carboxylic acids is 1. The van der Waals surface area contributed by atoms with Crippen LogP contribution in [0.3, 0.4) is 0 Å². The zero-order valence-corrected chi connectivity index (χ0v) is 13.1. The molecule has 0 heterocycles. The molecule has 0 saturated carbocycles. The molecular weight excluding hydrogens is 296 g/mol. The highest BCUT2D eigenvalue weighted by molar-refractivity contribution is 5.77. The van der Waals surface area contributed by atoms with E-state index < -0.39 is 4.92 Å². The average Bonchev–Trinajstić information content (AvgIpc) is 2.54. The number of likely N-dealkylation sites (N-methyl/N-ethyl adjacent to an activating group) is 1. The van der Waals surface area contributed by atoms with Crippen molar-refractivity contribution in [3.63, 3.8) is 0 Å². The van der Waals surface area contributed by atoms with E-state index in [1.165, 1.54) is 17.0 Å². The summed E-state index contributed by atoms with van der Waals surface area (Å²) in [6.45, 7) is 2.20. The van der Waals surface area contributed by atoms with Crippen LogP contribution in [0.15, 0.2) is 48.5 Å². The number of nitro benzene ring substituents is 1. The summed E-state index contributed by atoms with van der Waals surface area (Å²) in [6.07, 6.45) is 0. The second-order valence-electron chi connectivity index (χ2n) is 5.19. The molecule has 0 saturated heterocycles. The van der Waals surface area contributed by atoms with Gasteiger partial charge in [0, 0.05) is 19.7 Å². The van der Waals surface area contributed by atoms with Crippen molar-refractivity contribution in [2.75, 3.05) is 13.7 Å². The molecule has 0 N–H and O–H groups in total. The van der Waals surface area contributed by atoms with E-state index in [4.69, 9.17) is 4.74 Å². The third-order valence-electron chi connectivity index (χ3n) is 3.51. The molecule has 0 aliphatic rings. The third-order valence-corrected chi connectivity index (χ3v) is 3.51. The van der Waals surface area contributed by atoms with E-state index >= 15 is 0 Å². The van der Waals surface area contributed by atoms with Gasteiger partial charge in [-0.05, 0) is 24.1 Å². The standard InChI is InChI=1S/C17H18N2O4/c1-13-7-3-4-8-14(13)11-18(2)17(20)12-23-16-10-6-5-9-15(16)19(21)22/h3-10H,11-12H2,1-2H3. The van der Waals surface area contributed by atoms with Crippen molar-refractivity contribution in [1.29, 1.82) is 0 Å². The number of nitrogens with zero attached hydrogens (tertiary/aromatic N) is 2. The van der Waals surface area contributed by atoms with Crippen LogP contribution in [0.5, 0.6) is 5.75 Å². The summed E-state index contributed by atoms with van der Waals surface area (Å²) < 4.78 is 5.32. The molecule has 2 aromatic rings. The number of para-hydroxylation sites is 2. The summed E-state index contributed by atoms with van der Waals surface area (Å²) in [7, 11) is 1.68. The van der Waals surface area contributed by atoms with Crippen LogP contribution >= 0.6 is 0 Å². The summed E-state index contributed by atoms with van der Waals surface area (Å²) >= 11 is 0. The van der Waals surface area contributed by atoms with Crippen molar-refractivity contribution >= 4 is 11.6 Å². The molecule has 1 amide bonds. The van der Waals surface area contributed by atoms with Gasteiger partial charge in [0.05, 0.1) is 4.92 Å². The zero-order chi connectivity index (χ0) is 16.8. The van der Waals surface area contributed by atoms with Crippen LogP contribution in [0.4, 0.5) is 5.69 Å². The molecule has 2 rings (SSSR count). The summed E-state index contributed by atoms with van der Waals surface area (Å²) in [5.74, 6) is -0.151. The second kappa shape index (κ2) is 7.40. The molecule has 0 spiro atoms. The highest BCUT2D eigenvalue weighted by Gasteiger charge is 2.16. The van der Waals surface area contributed by atoms with Gasteiger partial charge in [0.25, 0.3) is 5.91 Å². The summed E-state index contributed by atoms with van der Waals surface area (Å²) in [5.41, 5.74) is 2.00. The van der Waals surface area contributed by atoms with Crippen molar-refractivity contribution in [2.24, 2.45) is 0 Å². The van der Waals surface area contributed by atoms with Crippen molar-refractivity contribution in [3.05, 3.63) is 69.8 Å². The smallest absolute Gasteiger partial charge is 0.310 e. The number of carbonyl (C=O) groups is 1. The number of nitro groups is 1. The maximum atomic E-state index is 12.1. The molecule has 0 unspecified atom stereocenters. The number of aryl methyl sites for hydroxylation is 1. The fourth-order valence-electron chi connectivity index (χ4n) is 2.11. The van der Waals surface area contributed by atoms with Gasteiger partial charge in [-0.25, -0.2) is 0 Å². The molecule has 0 bridgehead atoms. The number of hydrogen-bond donors (Lipinski definition) is 0. The number of benzene rings is 2. The van der Waals surface area contributed by atoms with Crippen molar-refractivity contribution in [3.8, 4) is 5.75 Å². The van der Waals surface area contributed by atoms with Crippen molar-refractivity contribution < 1.29 is 14.5 Å². The largest absolute Gasteiger partial charge is 0.477 e. The van der Waals surface area contributed by atoms with E-state index in [1.807, 2.05) is 31.2 Å². The summed E-state index contributed by atoms with van der Waals surface area (Å²) in [4.78, 5) is 24.1. The van der Waals surface area contributed by atoms with E-state index in [0.717, 1.165) is 11.1 Å². The number of amides is 1. The normalized spacial score (nSPS) is 10.2. The Bertz CT molecular complexity index is 715. The van der Waals surface area contributed by atoms with Gasteiger partial charge in [-0.3, -0.25) is 14.9 Å². The van der Waals surface area contributed by atoms with E-state index in [0.29, 0.717) is 6.54 Å². The molecule has 0 atom stereocenters. The van der Waals surface area contributed by atoms with Crippen LogP contribution < -0.4 is 4.74 Å². The highest BCUT2D eigenvalue weighted by atomic mass is 16.6. The van der Waals surface area contributed by atoms with Gasteiger partial charge in [-0.2, -0.15) is 0 Å². The SMILES string of the molecule is Cc1ccccc1CN(C)C(=O)COc1ccccc1[N+](=O)[O-]. The van der Waals surface area contributed by atoms with Crippen LogP contribution in [0.25, 0.3) is 0 Å². The molecule has 23 heavy (non-hydrogen) atoms.